The Hall–Kier alpha value is -1.69. The van der Waals surface area contributed by atoms with E-state index in [0.717, 1.165) is 17.9 Å². The standard InChI is InChI=1S/C13H16N2O3S/c1-17-10-4-3-9(7-11(10)18-2)8-12(16)15-13-14-5-6-19-13/h3-4,7H,5-6,8H2,1-2H3,(H,14,15,16). The van der Waals surface area contributed by atoms with E-state index in [4.69, 9.17) is 9.47 Å². The largest absolute Gasteiger partial charge is 0.493 e. The molecule has 0 atom stereocenters. The average molecular weight is 280 g/mol. The Labute approximate surface area is 116 Å². The Morgan fingerprint density at radius 3 is 2.79 bits per heavy atom. The lowest BCUT2D eigenvalue weighted by atomic mass is 10.1. The molecule has 0 fully saturated rings. The first kappa shape index (κ1) is 13.7. The third kappa shape index (κ3) is 3.64. The summed E-state index contributed by atoms with van der Waals surface area (Å²) in [6.45, 7) is 0.774. The second-order valence-electron chi connectivity index (χ2n) is 3.95. The summed E-state index contributed by atoms with van der Waals surface area (Å²) in [5.74, 6) is 2.15. The van der Waals surface area contributed by atoms with Gasteiger partial charge in [-0.3, -0.25) is 9.79 Å². The number of methoxy groups -OCH3 is 2. The summed E-state index contributed by atoms with van der Waals surface area (Å²) >= 11 is 1.57. The van der Waals surface area contributed by atoms with Gasteiger partial charge in [0.05, 0.1) is 27.2 Å². The van der Waals surface area contributed by atoms with E-state index < -0.39 is 0 Å². The molecule has 0 saturated heterocycles. The first-order valence-electron chi connectivity index (χ1n) is 5.91. The van der Waals surface area contributed by atoms with Crippen molar-refractivity contribution in [2.75, 3.05) is 26.5 Å². The SMILES string of the molecule is COc1ccc(CC(=O)NC2=NCCS2)cc1OC. The number of aliphatic imine (C=N–C) groups is 1. The molecule has 2 rings (SSSR count). The third-order valence-electron chi connectivity index (χ3n) is 2.64. The lowest BCUT2D eigenvalue weighted by Crippen LogP contribution is -2.28. The van der Waals surface area contributed by atoms with E-state index in [0.29, 0.717) is 23.1 Å². The van der Waals surface area contributed by atoms with Crippen molar-refractivity contribution in [1.82, 2.24) is 5.32 Å². The van der Waals surface area contributed by atoms with Gasteiger partial charge in [-0.2, -0.15) is 0 Å². The molecule has 1 aliphatic rings. The number of amides is 1. The topological polar surface area (TPSA) is 59.9 Å². The minimum Gasteiger partial charge on any atom is -0.493 e. The van der Waals surface area contributed by atoms with Crippen molar-refractivity contribution in [3.63, 3.8) is 0 Å². The van der Waals surface area contributed by atoms with Gasteiger partial charge < -0.3 is 14.8 Å². The number of ether oxygens (including phenoxy) is 2. The van der Waals surface area contributed by atoms with Crippen LogP contribution in [0.4, 0.5) is 0 Å². The number of carbonyl (C=O) groups excluding carboxylic acids is 1. The molecule has 0 radical (unpaired) electrons. The number of rotatable bonds is 4. The van der Waals surface area contributed by atoms with Gasteiger partial charge in [0.15, 0.2) is 16.7 Å². The van der Waals surface area contributed by atoms with Crippen molar-refractivity contribution in [3.05, 3.63) is 23.8 Å². The minimum atomic E-state index is -0.0691. The molecule has 0 bridgehead atoms. The van der Waals surface area contributed by atoms with E-state index in [1.807, 2.05) is 12.1 Å². The number of amidine groups is 1. The second-order valence-corrected chi connectivity index (χ2v) is 5.03. The number of hydrogen-bond donors (Lipinski definition) is 1. The highest BCUT2D eigenvalue weighted by Crippen LogP contribution is 2.27. The van der Waals surface area contributed by atoms with Crippen LogP contribution in [0, 0.1) is 0 Å². The summed E-state index contributed by atoms with van der Waals surface area (Å²) in [5.41, 5.74) is 0.874. The summed E-state index contributed by atoms with van der Waals surface area (Å²) in [5, 5.41) is 3.51. The van der Waals surface area contributed by atoms with Gasteiger partial charge in [-0.05, 0) is 17.7 Å². The van der Waals surface area contributed by atoms with Crippen molar-refractivity contribution in [3.8, 4) is 11.5 Å². The van der Waals surface area contributed by atoms with Crippen molar-refractivity contribution >= 4 is 22.8 Å². The first-order chi connectivity index (χ1) is 9.22. The maximum Gasteiger partial charge on any atom is 0.230 e. The van der Waals surface area contributed by atoms with E-state index in [1.165, 1.54) is 0 Å². The molecule has 0 aromatic heterocycles. The van der Waals surface area contributed by atoms with Crippen molar-refractivity contribution in [1.29, 1.82) is 0 Å². The molecule has 1 aromatic rings. The molecule has 0 unspecified atom stereocenters. The third-order valence-corrected chi connectivity index (χ3v) is 3.54. The van der Waals surface area contributed by atoms with E-state index >= 15 is 0 Å². The van der Waals surface area contributed by atoms with E-state index in [9.17, 15) is 4.79 Å². The molecule has 0 spiro atoms. The summed E-state index contributed by atoms with van der Waals surface area (Å²) in [7, 11) is 3.16. The molecule has 6 heteroatoms. The van der Waals surface area contributed by atoms with Crippen LogP contribution in [-0.4, -0.2) is 37.6 Å². The van der Waals surface area contributed by atoms with Crippen LogP contribution in [0.1, 0.15) is 5.56 Å². The fourth-order valence-electron chi connectivity index (χ4n) is 1.75. The summed E-state index contributed by atoms with van der Waals surface area (Å²) < 4.78 is 10.4. The molecule has 0 saturated carbocycles. The van der Waals surface area contributed by atoms with E-state index in [-0.39, 0.29) is 5.91 Å². The number of benzene rings is 1. The van der Waals surface area contributed by atoms with Crippen LogP contribution in [0.3, 0.4) is 0 Å². The Kier molecular flexibility index (Phi) is 4.68. The highest BCUT2D eigenvalue weighted by molar-refractivity contribution is 8.14. The van der Waals surface area contributed by atoms with Crippen LogP contribution in [-0.2, 0) is 11.2 Å². The lowest BCUT2D eigenvalue weighted by molar-refractivity contribution is -0.119. The Morgan fingerprint density at radius 1 is 1.37 bits per heavy atom. The van der Waals surface area contributed by atoms with Gasteiger partial charge in [-0.25, -0.2) is 0 Å². The van der Waals surface area contributed by atoms with Crippen LogP contribution in [0.5, 0.6) is 11.5 Å². The minimum absolute atomic E-state index is 0.0691. The lowest BCUT2D eigenvalue weighted by Gasteiger charge is -2.09. The monoisotopic (exact) mass is 280 g/mol. The predicted molar refractivity (Wildman–Crippen MR) is 76.2 cm³/mol. The van der Waals surface area contributed by atoms with E-state index in [2.05, 4.69) is 10.3 Å². The molecule has 19 heavy (non-hydrogen) atoms. The van der Waals surface area contributed by atoms with Crippen LogP contribution < -0.4 is 14.8 Å². The van der Waals surface area contributed by atoms with Gasteiger partial charge >= 0.3 is 0 Å². The van der Waals surface area contributed by atoms with Crippen molar-refractivity contribution in [2.24, 2.45) is 4.99 Å². The Balaban J connectivity index is 2.00. The fourth-order valence-corrected chi connectivity index (χ4v) is 2.49. The van der Waals surface area contributed by atoms with Crippen molar-refractivity contribution in [2.45, 2.75) is 6.42 Å². The number of nitrogens with one attached hydrogen (secondary N) is 1. The van der Waals surface area contributed by atoms with Gasteiger partial charge in [-0.15, -0.1) is 0 Å². The molecule has 1 heterocycles. The zero-order chi connectivity index (χ0) is 13.7. The molecule has 0 aliphatic carbocycles. The van der Waals surface area contributed by atoms with Gasteiger partial charge in [-0.1, -0.05) is 17.8 Å². The van der Waals surface area contributed by atoms with Crippen LogP contribution in [0.2, 0.25) is 0 Å². The summed E-state index contributed by atoms with van der Waals surface area (Å²) in [4.78, 5) is 16.0. The molecule has 102 valence electrons. The second kappa shape index (κ2) is 6.47. The highest BCUT2D eigenvalue weighted by Gasteiger charge is 2.12. The van der Waals surface area contributed by atoms with Gasteiger partial charge in [0.25, 0.3) is 0 Å². The van der Waals surface area contributed by atoms with Crippen LogP contribution in [0.25, 0.3) is 0 Å². The number of nitrogens with zero attached hydrogens (tertiary/aromatic N) is 1. The molecule has 1 N–H and O–H groups in total. The molecular formula is C13H16N2O3S. The molecular weight excluding hydrogens is 264 g/mol. The predicted octanol–water partition coefficient (Wildman–Crippen LogP) is 1.47. The zero-order valence-corrected chi connectivity index (χ0v) is 11.8. The van der Waals surface area contributed by atoms with Crippen molar-refractivity contribution < 1.29 is 14.3 Å². The van der Waals surface area contributed by atoms with E-state index in [1.54, 1.807) is 32.0 Å². The fraction of sp³-hybridized carbons (Fsp3) is 0.385. The first-order valence-corrected chi connectivity index (χ1v) is 6.89. The maximum absolute atomic E-state index is 11.8. The molecule has 1 amide bonds. The van der Waals surface area contributed by atoms with Gasteiger partial charge in [0.1, 0.15) is 0 Å². The smallest absolute Gasteiger partial charge is 0.230 e. The number of carbonyl (C=O) groups is 1. The van der Waals surface area contributed by atoms with Crippen LogP contribution in [0.15, 0.2) is 23.2 Å². The average Bonchev–Trinajstić information content (AvgIpc) is 2.91. The summed E-state index contributed by atoms with van der Waals surface area (Å²) in [6, 6.07) is 5.45. The molecule has 1 aromatic carbocycles. The normalized spacial score (nSPS) is 13.9. The van der Waals surface area contributed by atoms with Gasteiger partial charge in [0.2, 0.25) is 5.91 Å². The summed E-state index contributed by atoms with van der Waals surface area (Å²) in [6.07, 6.45) is 0.292. The van der Waals surface area contributed by atoms with Crippen LogP contribution >= 0.6 is 11.8 Å². The Morgan fingerprint density at radius 2 is 2.16 bits per heavy atom. The Bertz CT molecular complexity index is 503. The maximum atomic E-state index is 11.8. The molecule has 5 nitrogen and oxygen atoms in total. The quantitative estimate of drug-likeness (QED) is 0.907. The zero-order valence-electron chi connectivity index (χ0n) is 10.9. The molecule has 1 aliphatic heterocycles. The highest BCUT2D eigenvalue weighted by atomic mass is 32.2. The number of thioether (sulfide) groups is 1. The number of hydrogen-bond acceptors (Lipinski definition) is 5. The van der Waals surface area contributed by atoms with Gasteiger partial charge in [0, 0.05) is 5.75 Å².